The van der Waals surface area contributed by atoms with Crippen LogP contribution in [-0.4, -0.2) is 48.9 Å². The highest BCUT2D eigenvalue weighted by Gasteiger charge is 2.26. The molecular weight excluding hydrogens is 362 g/mol. The summed E-state index contributed by atoms with van der Waals surface area (Å²) in [5.74, 6) is 0.124. The van der Waals surface area contributed by atoms with Gasteiger partial charge in [0.15, 0.2) is 0 Å². The first kappa shape index (κ1) is 19.2. The maximum atomic E-state index is 12.9. The van der Waals surface area contributed by atoms with Crippen molar-refractivity contribution in [2.45, 2.75) is 25.3 Å². The molecule has 0 unspecified atom stereocenters. The molecule has 150 valence electrons. The van der Waals surface area contributed by atoms with Crippen LogP contribution in [0, 0.1) is 0 Å². The van der Waals surface area contributed by atoms with E-state index in [1.165, 1.54) is 5.56 Å². The summed E-state index contributed by atoms with van der Waals surface area (Å²) in [5, 5.41) is 3.10. The molecule has 2 aromatic carbocycles. The monoisotopic (exact) mass is 389 g/mol. The van der Waals surface area contributed by atoms with E-state index in [1.54, 1.807) is 0 Å². The summed E-state index contributed by atoms with van der Waals surface area (Å²) >= 11 is 0. The molecule has 2 heterocycles. The first-order valence-electron chi connectivity index (χ1n) is 10.3. The minimum atomic E-state index is -0.0379. The number of carbonyl (C=O) groups is 2. The van der Waals surface area contributed by atoms with E-state index in [1.807, 2.05) is 47.4 Å². The standard InChI is InChI=1S/C24H27N3O2/c28-23(18-27-15-7-6-9-19-8-4-5-12-22(19)27)26-16-13-21(14-17-26)25-24(29)20-10-2-1-3-11-20/h1-6,8-12,21H,7,13-18H2,(H,25,29). The Hall–Kier alpha value is -3.08. The number of nitrogens with one attached hydrogen (secondary N) is 1. The summed E-state index contributed by atoms with van der Waals surface area (Å²) in [5.41, 5.74) is 2.97. The van der Waals surface area contributed by atoms with Crippen molar-refractivity contribution in [2.24, 2.45) is 0 Å². The lowest BCUT2D eigenvalue weighted by Gasteiger charge is -2.34. The van der Waals surface area contributed by atoms with E-state index in [0.29, 0.717) is 25.2 Å². The number of amides is 2. The Morgan fingerprint density at radius 2 is 1.66 bits per heavy atom. The van der Waals surface area contributed by atoms with E-state index < -0.39 is 0 Å². The SMILES string of the molecule is O=C(NC1CCN(C(=O)CN2CCC=Cc3ccccc32)CC1)c1ccccc1. The van der Waals surface area contributed by atoms with Gasteiger partial charge in [-0.1, -0.05) is 48.6 Å². The third-order valence-electron chi connectivity index (χ3n) is 5.69. The van der Waals surface area contributed by atoms with Crippen molar-refractivity contribution >= 4 is 23.6 Å². The maximum Gasteiger partial charge on any atom is 0.251 e. The summed E-state index contributed by atoms with van der Waals surface area (Å²) < 4.78 is 0. The van der Waals surface area contributed by atoms with Crippen LogP contribution in [0.4, 0.5) is 5.69 Å². The number of fused-ring (bicyclic) bond motifs is 1. The molecule has 0 atom stereocenters. The topological polar surface area (TPSA) is 52.7 Å². The third kappa shape index (κ3) is 4.67. The highest BCUT2D eigenvalue weighted by molar-refractivity contribution is 5.94. The van der Waals surface area contributed by atoms with Gasteiger partial charge in [0, 0.05) is 36.9 Å². The minimum Gasteiger partial charge on any atom is -0.361 e. The van der Waals surface area contributed by atoms with Gasteiger partial charge in [0.2, 0.25) is 5.91 Å². The Morgan fingerprint density at radius 3 is 2.45 bits per heavy atom. The van der Waals surface area contributed by atoms with Gasteiger partial charge in [0.1, 0.15) is 0 Å². The number of carbonyl (C=O) groups excluding carboxylic acids is 2. The van der Waals surface area contributed by atoms with Crippen molar-refractivity contribution in [3.8, 4) is 0 Å². The van der Waals surface area contributed by atoms with Crippen molar-refractivity contribution in [1.29, 1.82) is 0 Å². The van der Waals surface area contributed by atoms with Crippen LogP contribution in [-0.2, 0) is 4.79 Å². The molecule has 2 amide bonds. The van der Waals surface area contributed by atoms with Crippen LogP contribution < -0.4 is 10.2 Å². The zero-order valence-corrected chi connectivity index (χ0v) is 16.6. The highest BCUT2D eigenvalue weighted by Crippen LogP contribution is 2.25. The molecule has 0 spiro atoms. The van der Waals surface area contributed by atoms with Gasteiger partial charge in [-0.25, -0.2) is 0 Å². The Balaban J connectivity index is 1.30. The number of piperidine rings is 1. The molecule has 1 fully saturated rings. The smallest absolute Gasteiger partial charge is 0.251 e. The van der Waals surface area contributed by atoms with Gasteiger partial charge in [-0.3, -0.25) is 9.59 Å². The second kappa shape index (κ2) is 8.95. The average Bonchev–Trinajstić information content (AvgIpc) is 2.97. The Kier molecular flexibility index (Phi) is 5.94. The molecular formula is C24H27N3O2. The van der Waals surface area contributed by atoms with E-state index in [9.17, 15) is 9.59 Å². The Labute approximate surface area is 172 Å². The summed E-state index contributed by atoms with van der Waals surface area (Å²) in [6, 6.07) is 17.6. The van der Waals surface area contributed by atoms with Gasteiger partial charge in [0.25, 0.3) is 5.91 Å². The Bertz CT molecular complexity index is 886. The summed E-state index contributed by atoms with van der Waals surface area (Å²) in [7, 11) is 0. The number of likely N-dealkylation sites (tertiary alicyclic amines) is 1. The molecule has 2 aromatic rings. The lowest BCUT2D eigenvalue weighted by Crippen LogP contribution is -2.49. The molecule has 2 aliphatic heterocycles. The van der Waals surface area contributed by atoms with Gasteiger partial charge < -0.3 is 15.1 Å². The molecule has 29 heavy (non-hydrogen) atoms. The molecule has 0 aromatic heterocycles. The fourth-order valence-electron chi connectivity index (χ4n) is 4.04. The molecule has 1 saturated heterocycles. The van der Waals surface area contributed by atoms with Crippen molar-refractivity contribution in [1.82, 2.24) is 10.2 Å². The van der Waals surface area contributed by atoms with Crippen LogP contribution in [0.15, 0.2) is 60.7 Å². The third-order valence-corrected chi connectivity index (χ3v) is 5.69. The molecule has 0 radical (unpaired) electrons. The second-order valence-corrected chi connectivity index (χ2v) is 7.67. The number of para-hydroxylation sites is 1. The van der Waals surface area contributed by atoms with Crippen molar-refractivity contribution < 1.29 is 9.59 Å². The van der Waals surface area contributed by atoms with E-state index in [-0.39, 0.29) is 17.9 Å². The number of anilines is 1. The van der Waals surface area contributed by atoms with Crippen LogP contribution in [0.3, 0.4) is 0 Å². The lowest BCUT2D eigenvalue weighted by molar-refractivity contribution is -0.130. The molecule has 0 bridgehead atoms. The second-order valence-electron chi connectivity index (χ2n) is 7.67. The molecule has 2 aliphatic rings. The first-order valence-corrected chi connectivity index (χ1v) is 10.3. The number of benzene rings is 2. The van der Waals surface area contributed by atoms with Crippen LogP contribution in [0.2, 0.25) is 0 Å². The van der Waals surface area contributed by atoms with Gasteiger partial charge >= 0.3 is 0 Å². The zero-order valence-electron chi connectivity index (χ0n) is 16.6. The Morgan fingerprint density at radius 1 is 0.931 bits per heavy atom. The van der Waals surface area contributed by atoms with Crippen LogP contribution in [0.1, 0.15) is 35.2 Å². The lowest BCUT2D eigenvalue weighted by atomic mass is 10.0. The predicted molar refractivity (Wildman–Crippen MR) is 116 cm³/mol. The van der Waals surface area contributed by atoms with Crippen molar-refractivity contribution in [2.75, 3.05) is 31.1 Å². The number of rotatable bonds is 4. The fourth-order valence-corrected chi connectivity index (χ4v) is 4.04. The number of hydrogen-bond donors (Lipinski definition) is 1. The molecule has 0 saturated carbocycles. The minimum absolute atomic E-state index is 0.0379. The fraction of sp³-hybridized carbons (Fsp3) is 0.333. The summed E-state index contributed by atoms with van der Waals surface area (Å²) in [6.45, 7) is 2.63. The van der Waals surface area contributed by atoms with E-state index >= 15 is 0 Å². The molecule has 1 N–H and O–H groups in total. The highest BCUT2D eigenvalue weighted by atomic mass is 16.2. The normalized spacial score (nSPS) is 16.8. The average molecular weight is 389 g/mol. The van der Waals surface area contributed by atoms with Gasteiger partial charge in [-0.2, -0.15) is 0 Å². The largest absolute Gasteiger partial charge is 0.361 e. The van der Waals surface area contributed by atoms with Crippen LogP contribution >= 0.6 is 0 Å². The predicted octanol–water partition coefficient (Wildman–Crippen LogP) is 3.33. The number of nitrogens with zero attached hydrogens (tertiary/aromatic N) is 2. The van der Waals surface area contributed by atoms with Gasteiger partial charge in [-0.15, -0.1) is 0 Å². The zero-order chi connectivity index (χ0) is 20.1. The first-order chi connectivity index (χ1) is 14.2. The maximum absolute atomic E-state index is 12.9. The van der Waals surface area contributed by atoms with E-state index in [2.05, 4.69) is 34.5 Å². The quantitative estimate of drug-likeness (QED) is 0.873. The summed E-state index contributed by atoms with van der Waals surface area (Å²) in [6.07, 6.45) is 6.84. The number of hydrogen-bond acceptors (Lipinski definition) is 3. The van der Waals surface area contributed by atoms with Gasteiger partial charge in [-0.05, 0) is 43.0 Å². The molecule has 5 nitrogen and oxygen atoms in total. The van der Waals surface area contributed by atoms with E-state index in [4.69, 9.17) is 0 Å². The molecule has 4 rings (SSSR count). The van der Waals surface area contributed by atoms with Crippen molar-refractivity contribution in [3.05, 3.63) is 71.8 Å². The van der Waals surface area contributed by atoms with Gasteiger partial charge in [0.05, 0.1) is 6.54 Å². The summed E-state index contributed by atoms with van der Waals surface area (Å²) in [4.78, 5) is 29.4. The van der Waals surface area contributed by atoms with Crippen LogP contribution in [0.25, 0.3) is 6.08 Å². The molecule has 5 heteroatoms. The van der Waals surface area contributed by atoms with E-state index in [0.717, 1.165) is 31.5 Å². The van der Waals surface area contributed by atoms with Crippen molar-refractivity contribution in [3.63, 3.8) is 0 Å². The molecule has 0 aliphatic carbocycles. The van der Waals surface area contributed by atoms with Crippen LogP contribution in [0.5, 0.6) is 0 Å².